The third-order valence-corrected chi connectivity index (χ3v) is 6.54. The first-order valence-electron chi connectivity index (χ1n) is 11.9. The molecule has 0 saturated heterocycles. The lowest BCUT2D eigenvalue weighted by Crippen LogP contribution is -2.49. The fourth-order valence-corrected chi connectivity index (χ4v) is 4.46. The van der Waals surface area contributed by atoms with Crippen LogP contribution < -0.4 is 4.74 Å². The molecule has 1 aliphatic rings. The maximum Gasteiger partial charge on any atom is 0.259 e. The Morgan fingerprint density at radius 3 is 2.66 bits per heavy atom. The number of likely N-dealkylation sites (N-methyl/N-ethyl adjacent to an activating group) is 1. The molecular formula is C27H33N5O3. The molecule has 0 aliphatic carbocycles. The van der Waals surface area contributed by atoms with Gasteiger partial charge in [-0.3, -0.25) is 9.69 Å². The van der Waals surface area contributed by atoms with Crippen LogP contribution in [0, 0.1) is 12.8 Å². The monoisotopic (exact) mass is 475 g/mol. The molecule has 0 spiro atoms. The van der Waals surface area contributed by atoms with Gasteiger partial charge in [0.15, 0.2) is 0 Å². The van der Waals surface area contributed by atoms with Crippen molar-refractivity contribution >= 4 is 5.91 Å². The highest BCUT2D eigenvalue weighted by Crippen LogP contribution is 2.31. The minimum Gasteiger partial charge on any atom is -0.472 e. The fraction of sp³-hybridized carbons (Fsp3) is 0.407. The zero-order valence-corrected chi connectivity index (χ0v) is 20.8. The molecule has 184 valence electrons. The van der Waals surface area contributed by atoms with Crippen LogP contribution in [0.3, 0.4) is 0 Å². The number of aryl methyl sites for hydroxylation is 1. The highest BCUT2D eigenvalue weighted by molar-refractivity contribution is 5.98. The summed E-state index contributed by atoms with van der Waals surface area (Å²) in [5.41, 5.74) is 4.42. The number of nitrogens with zero attached hydrogens (tertiary/aromatic N) is 5. The van der Waals surface area contributed by atoms with E-state index in [0.717, 1.165) is 22.3 Å². The van der Waals surface area contributed by atoms with Crippen LogP contribution in [0.2, 0.25) is 0 Å². The average Bonchev–Trinajstić information content (AvgIpc) is 2.86. The molecule has 35 heavy (non-hydrogen) atoms. The lowest BCUT2D eigenvalue weighted by Gasteiger charge is -2.37. The maximum atomic E-state index is 13.6. The quantitative estimate of drug-likeness (QED) is 0.561. The number of benzene rings is 1. The van der Waals surface area contributed by atoms with Gasteiger partial charge >= 0.3 is 0 Å². The van der Waals surface area contributed by atoms with Crippen molar-refractivity contribution in [3.05, 3.63) is 71.9 Å². The summed E-state index contributed by atoms with van der Waals surface area (Å²) in [6.45, 7) is 7.64. The molecular weight excluding hydrogens is 442 g/mol. The third kappa shape index (κ3) is 5.66. The molecule has 8 heteroatoms. The molecule has 0 saturated carbocycles. The standard InChI is InChI=1S/C27H33N5O3/c1-18-7-5-6-8-23(18)22-9-24-26(30-12-22)35-25(15-31(4)14-21-10-28-17-29-11-21)19(2)13-32(27(24)34)20(3)16-33/h5-12,17,19-20,25,33H,13-16H2,1-4H3/t19-,20+,25+/m0/s1. The first kappa shape index (κ1) is 24.8. The minimum absolute atomic E-state index is 0.0217. The number of aromatic nitrogens is 3. The van der Waals surface area contributed by atoms with Crippen LogP contribution >= 0.6 is 0 Å². The number of carbonyl (C=O) groups is 1. The van der Waals surface area contributed by atoms with Gasteiger partial charge in [-0.25, -0.2) is 15.0 Å². The molecule has 8 nitrogen and oxygen atoms in total. The van der Waals surface area contributed by atoms with Crippen LogP contribution in [0.1, 0.15) is 35.3 Å². The number of ether oxygens (including phenoxy) is 1. The Hall–Kier alpha value is -3.36. The van der Waals surface area contributed by atoms with E-state index in [1.54, 1.807) is 23.5 Å². The van der Waals surface area contributed by atoms with E-state index in [2.05, 4.69) is 26.8 Å². The van der Waals surface area contributed by atoms with E-state index in [-0.39, 0.29) is 30.6 Å². The molecule has 1 N–H and O–H groups in total. The summed E-state index contributed by atoms with van der Waals surface area (Å²) >= 11 is 0. The number of hydrogen-bond acceptors (Lipinski definition) is 7. The van der Waals surface area contributed by atoms with Gasteiger partial charge in [0.1, 0.15) is 18.0 Å². The molecule has 1 aromatic carbocycles. The van der Waals surface area contributed by atoms with E-state index in [1.165, 1.54) is 6.33 Å². The first-order chi connectivity index (χ1) is 16.9. The lowest BCUT2D eigenvalue weighted by molar-refractivity contribution is 0.0325. The van der Waals surface area contributed by atoms with Gasteiger partial charge in [-0.2, -0.15) is 0 Å². The van der Waals surface area contributed by atoms with Crippen molar-refractivity contribution in [3.8, 4) is 17.0 Å². The second kappa shape index (κ2) is 10.9. The normalized spacial score (nSPS) is 19.0. The van der Waals surface area contributed by atoms with Gasteiger partial charge in [-0.1, -0.05) is 31.2 Å². The van der Waals surface area contributed by atoms with E-state index in [1.807, 2.05) is 51.2 Å². The molecule has 1 amide bonds. The summed E-state index contributed by atoms with van der Waals surface area (Å²) in [6.07, 6.45) is 6.69. The Labute approximate surface area is 206 Å². The Morgan fingerprint density at radius 2 is 1.94 bits per heavy atom. The third-order valence-electron chi connectivity index (χ3n) is 6.54. The number of amides is 1. The van der Waals surface area contributed by atoms with Crippen molar-refractivity contribution < 1.29 is 14.6 Å². The van der Waals surface area contributed by atoms with Crippen molar-refractivity contribution in [2.45, 2.75) is 39.5 Å². The number of aliphatic hydroxyl groups excluding tert-OH is 1. The van der Waals surface area contributed by atoms with Crippen molar-refractivity contribution in [1.29, 1.82) is 0 Å². The molecule has 4 rings (SSSR count). The van der Waals surface area contributed by atoms with Crippen molar-refractivity contribution in [1.82, 2.24) is 24.8 Å². The van der Waals surface area contributed by atoms with E-state index >= 15 is 0 Å². The van der Waals surface area contributed by atoms with Crippen molar-refractivity contribution in [2.24, 2.45) is 5.92 Å². The molecule has 3 aromatic rings. The summed E-state index contributed by atoms with van der Waals surface area (Å²) in [4.78, 5) is 30.4. The average molecular weight is 476 g/mol. The van der Waals surface area contributed by atoms with Gasteiger partial charge in [0.2, 0.25) is 5.88 Å². The van der Waals surface area contributed by atoms with Gasteiger partial charge in [-0.15, -0.1) is 0 Å². The zero-order valence-electron chi connectivity index (χ0n) is 20.8. The van der Waals surface area contributed by atoms with Crippen LogP contribution in [0.25, 0.3) is 11.1 Å². The molecule has 0 unspecified atom stereocenters. The number of aliphatic hydroxyl groups is 1. The highest BCUT2D eigenvalue weighted by atomic mass is 16.5. The van der Waals surface area contributed by atoms with Crippen LogP contribution in [-0.4, -0.2) is 74.7 Å². The topological polar surface area (TPSA) is 91.7 Å². The molecule has 3 heterocycles. The number of fused-ring (bicyclic) bond motifs is 1. The van der Waals surface area contributed by atoms with Crippen molar-refractivity contribution in [2.75, 3.05) is 26.7 Å². The van der Waals surface area contributed by atoms with E-state index in [0.29, 0.717) is 31.1 Å². The number of hydrogen-bond donors (Lipinski definition) is 1. The van der Waals surface area contributed by atoms with E-state index < -0.39 is 0 Å². The van der Waals surface area contributed by atoms with Gasteiger partial charge in [-0.05, 0) is 38.1 Å². The summed E-state index contributed by atoms with van der Waals surface area (Å²) in [6, 6.07) is 9.57. The summed E-state index contributed by atoms with van der Waals surface area (Å²) in [5.74, 6) is 0.174. The zero-order chi connectivity index (χ0) is 24.9. The van der Waals surface area contributed by atoms with Crippen LogP contribution in [0.4, 0.5) is 0 Å². The van der Waals surface area contributed by atoms with Gasteiger partial charge in [0, 0.05) is 55.3 Å². The van der Waals surface area contributed by atoms with E-state index in [4.69, 9.17) is 4.74 Å². The number of pyridine rings is 1. The first-order valence-corrected chi connectivity index (χ1v) is 11.9. The molecule has 3 atom stereocenters. The Kier molecular flexibility index (Phi) is 7.73. The number of carbonyl (C=O) groups excluding carboxylic acids is 1. The van der Waals surface area contributed by atoms with Gasteiger partial charge < -0.3 is 14.7 Å². The second-order valence-electron chi connectivity index (χ2n) is 9.46. The summed E-state index contributed by atoms with van der Waals surface area (Å²) in [7, 11) is 2.02. The molecule has 0 bridgehead atoms. The smallest absolute Gasteiger partial charge is 0.259 e. The lowest BCUT2D eigenvalue weighted by atomic mass is 9.98. The van der Waals surface area contributed by atoms with Crippen molar-refractivity contribution in [3.63, 3.8) is 0 Å². The summed E-state index contributed by atoms with van der Waals surface area (Å²) in [5, 5.41) is 9.88. The molecule has 0 radical (unpaired) electrons. The van der Waals surface area contributed by atoms with Gasteiger partial charge in [0.05, 0.1) is 12.6 Å². The van der Waals surface area contributed by atoms with Gasteiger partial charge in [0.25, 0.3) is 5.91 Å². The largest absolute Gasteiger partial charge is 0.472 e. The van der Waals surface area contributed by atoms with Crippen LogP contribution in [0.5, 0.6) is 5.88 Å². The second-order valence-corrected chi connectivity index (χ2v) is 9.46. The van der Waals surface area contributed by atoms with Crippen LogP contribution in [0.15, 0.2) is 55.2 Å². The Bertz CT molecular complexity index is 1160. The fourth-order valence-electron chi connectivity index (χ4n) is 4.46. The molecule has 1 aliphatic heterocycles. The van der Waals surface area contributed by atoms with Crippen LogP contribution in [-0.2, 0) is 6.54 Å². The maximum absolute atomic E-state index is 13.6. The predicted octanol–water partition coefficient (Wildman–Crippen LogP) is 3.20. The molecule has 0 fully saturated rings. The summed E-state index contributed by atoms with van der Waals surface area (Å²) < 4.78 is 6.42. The highest BCUT2D eigenvalue weighted by Gasteiger charge is 2.34. The minimum atomic E-state index is -0.321. The Balaban J connectivity index is 1.67. The molecule has 2 aromatic heterocycles. The number of rotatable bonds is 7. The predicted molar refractivity (Wildman–Crippen MR) is 134 cm³/mol. The Morgan fingerprint density at radius 1 is 1.20 bits per heavy atom. The SMILES string of the molecule is Cc1ccccc1-c1cnc2c(c1)C(=O)N([C@H](C)CO)C[C@H](C)[C@@H](CN(C)Cc1cncnc1)O2. The van der Waals surface area contributed by atoms with E-state index in [9.17, 15) is 9.90 Å².